The highest BCUT2D eigenvalue weighted by atomic mass is 16.3. The van der Waals surface area contributed by atoms with E-state index in [1.807, 2.05) is 13.0 Å². The van der Waals surface area contributed by atoms with Crippen LogP contribution >= 0.6 is 0 Å². The number of aromatic nitrogens is 1. The number of aliphatic hydroxyl groups is 1. The molecule has 1 aromatic rings. The van der Waals surface area contributed by atoms with Gasteiger partial charge in [0.2, 0.25) is 0 Å². The summed E-state index contributed by atoms with van der Waals surface area (Å²) < 4.78 is 0. The van der Waals surface area contributed by atoms with Gasteiger partial charge >= 0.3 is 0 Å². The Hall–Kier alpha value is -1.13. The average Bonchev–Trinajstić information content (AvgIpc) is 2.24. The van der Waals surface area contributed by atoms with Crippen LogP contribution in [0.4, 0.5) is 5.82 Å². The molecule has 17 heavy (non-hydrogen) atoms. The normalized spacial score (nSPS) is 30.5. The predicted molar refractivity (Wildman–Crippen MR) is 68.6 cm³/mol. The molecule has 2 rings (SSSR count). The Balaban J connectivity index is 2.39. The van der Waals surface area contributed by atoms with Crippen LogP contribution in [0.1, 0.15) is 30.9 Å². The van der Waals surface area contributed by atoms with Gasteiger partial charge in [0.15, 0.2) is 0 Å². The van der Waals surface area contributed by atoms with E-state index in [2.05, 4.69) is 23.9 Å². The van der Waals surface area contributed by atoms with Gasteiger partial charge < -0.3 is 15.7 Å². The summed E-state index contributed by atoms with van der Waals surface area (Å²) in [4.78, 5) is 6.37. The molecule has 4 heteroatoms. The Morgan fingerprint density at radius 2 is 2.29 bits per heavy atom. The zero-order valence-electron chi connectivity index (χ0n) is 10.8. The molecule has 0 saturated carbocycles. The van der Waals surface area contributed by atoms with Crippen molar-refractivity contribution in [1.82, 2.24) is 9.88 Å². The van der Waals surface area contributed by atoms with Crippen molar-refractivity contribution < 1.29 is 5.11 Å². The minimum atomic E-state index is -0.825. The predicted octanol–water partition coefficient (Wildman–Crippen LogP) is 1.27. The molecule has 4 nitrogen and oxygen atoms in total. The number of likely N-dealkylation sites (tertiary alicyclic amines) is 1. The summed E-state index contributed by atoms with van der Waals surface area (Å²) in [6.07, 6.45) is 3.11. The Bertz CT molecular complexity index is 401. The van der Waals surface area contributed by atoms with Crippen LogP contribution < -0.4 is 5.73 Å². The second kappa shape index (κ2) is 4.27. The molecule has 2 heterocycles. The largest absolute Gasteiger partial charge is 0.385 e. The number of hydrogen-bond acceptors (Lipinski definition) is 4. The van der Waals surface area contributed by atoms with Gasteiger partial charge in [-0.15, -0.1) is 0 Å². The average molecular weight is 235 g/mol. The van der Waals surface area contributed by atoms with Gasteiger partial charge in [-0.25, -0.2) is 4.98 Å². The molecular weight excluding hydrogens is 214 g/mol. The van der Waals surface area contributed by atoms with E-state index in [0.29, 0.717) is 24.7 Å². The van der Waals surface area contributed by atoms with Crippen molar-refractivity contribution >= 4 is 5.82 Å². The molecule has 2 atom stereocenters. The number of nitrogen functional groups attached to an aromatic ring is 1. The van der Waals surface area contributed by atoms with Gasteiger partial charge in [-0.05, 0) is 45.4 Å². The Kier molecular flexibility index (Phi) is 3.10. The second-order valence-electron chi connectivity index (χ2n) is 5.20. The first-order chi connectivity index (χ1) is 7.94. The number of nitrogens with two attached hydrogens (primary N) is 1. The molecule has 1 saturated heterocycles. The molecule has 0 radical (unpaired) electrons. The fourth-order valence-corrected chi connectivity index (χ4v) is 2.74. The van der Waals surface area contributed by atoms with Crippen molar-refractivity contribution in [3.8, 4) is 0 Å². The third-order valence-electron chi connectivity index (χ3n) is 3.92. The lowest BCUT2D eigenvalue weighted by atomic mass is 9.80. The van der Waals surface area contributed by atoms with Gasteiger partial charge in [-0.3, -0.25) is 0 Å². The highest BCUT2D eigenvalue weighted by Crippen LogP contribution is 2.38. The topological polar surface area (TPSA) is 62.4 Å². The van der Waals surface area contributed by atoms with Crippen molar-refractivity contribution in [2.45, 2.75) is 38.3 Å². The first-order valence-corrected chi connectivity index (χ1v) is 6.08. The lowest BCUT2D eigenvalue weighted by Gasteiger charge is -2.42. The molecule has 2 unspecified atom stereocenters. The quantitative estimate of drug-likeness (QED) is 0.769. The summed E-state index contributed by atoms with van der Waals surface area (Å²) in [6, 6.07) is 2.26. The fourth-order valence-electron chi connectivity index (χ4n) is 2.74. The highest BCUT2D eigenvalue weighted by molar-refractivity contribution is 5.48. The van der Waals surface area contributed by atoms with Crippen LogP contribution in [0.5, 0.6) is 0 Å². The van der Waals surface area contributed by atoms with Crippen molar-refractivity contribution in [1.29, 1.82) is 0 Å². The summed E-state index contributed by atoms with van der Waals surface area (Å²) in [5.41, 5.74) is 6.95. The first-order valence-electron chi connectivity index (χ1n) is 6.08. The lowest BCUT2D eigenvalue weighted by Crippen LogP contribution is -2.46. The highest BCUT2D eigenvalue weighted by Gasteiger charge is 2.39. The maximum atomic E-state index is 10.8. The van der Waals surface area contributed by atoms with E-state index in [0.717, 1.165) is 17.7 Å². The summed E-state index contributed by atoms with van der Waals surface area (Å²) in [5.74, 6) is 0.462. The van der Waals surface area contributed by atoms with Crippen molar-refractivity contribution in [2.75, 3.05) is 19.3 Å². The molecule has 1 fully saturated rings. The number of piperidine rings is 1. The molecule has 1 aromatic heterocycles. The molecule has 3 N–H and O–H groups in total. The van der Waals surface area contributed by atoms with Gasteiger partial charge in [-0.1, -0.05) is 0 Å². The fraction of sp³-hybridized carbons (Fsp3) is 0.615. The smallest absolute Gasteiger partial charge is 0.129 e. The molecule has 0 amide bonds. The van der Waals surface area contributed by atoms with Crippen LogP contribution in [0.15, 0.2) is 12.3 Å². The molecule has 94 valence electrons. The van der Waals surface area contributed by atoms with E-state index in [1.54, 1.807) is 6.20 Å². The van der Waals surface area contributed by atoms with Crippen LogP contribution in [-0.4, -0.2) is 34.6 Å². The van der Waals surface area contributed by atoms with Gasteiger partial charge in [0.25, 0.3) is 0 Å². The number of anilines is 1. The van der Waals surface area contributed by atoms with Gasteiger partial charge in [0.05, 0.1) is 5.60 Å². The summed E-state index contributed by atoms with van der Waals surface area (Å²) in [5, 5.41) is 10.8. The Morgan fingerprint density at radius 1 is 1.59 bits per heavy atom. The number of pyridine rings is 1. The second-order valence-corrected chi connectivity index (χ2v) is 5.20. The first kappa shape index (κ1) is 12.3. The maximum Gasteiger partial charge on any atom is 0.129 e. The van der Waals surface area contributed by atoms with Crippen LogP contribution in [0.25, 0.3) is 0 Å². The van der Waals surface area contributed by atoms with E-state index in [1.165, 1.54) is 0 Å². The monoisotopic (exact) mass is 235 g/mol. The van der Waals surface area contributed by atoms with Crippen molar-refractivity contribution in [3.05, 3.63) is 23.4 Å². The molecule has 1 aliphatic rings. The SMILES string of the molecule is Cc1ccnc(N)c1C1(O)CCN(C)C(C)C1. The number of hydrogen-bond donors (Lipinski definition) is 2. The zero-order valence-corrected chi connectivity index (χ0v) is 10.8. The third kappa shape index (κ3) is 2.15. The van der Waals surface area contributed by atoms with Crippen LogP contribution in [-0.2, 0) is 5.60 Å². The minimum Gasteiger partial charge on any atom is -0.385 e. The van der Waals surface area contributed by atoms with E-state index < -0.39 is 5.60 Å². The van der Waals surface area contributed by atoms with Gasteiger partial charge in [-0.2, -0.15) is 0 Å². The molecular formula is C13H21N3O. The van der Waals surface area contributed by atoms with E-state index >= 15 is 0 Å². The lowest BCUT2D eigenvalue weighted by molar-refractivity contribution is -0.0408. The van der Waals surface area contributed by atoms with Crippen LogP contribution in [0, 0.1) is 6.92 Å². The van der Waals surface area contributed by atoms with Crippen molar-refractivity contribution in [2.24, 2.45) is 0 Å². The third-order valence-corrected chi connectivity index (χ3v) is 3.92. The zero-order chi connectivity index (χ0) is 12.6. The number of nitrogens with zero attached hydrogens (tertiary/aromatic N) is 2. The van der Waals surface area contributed by atoms with Crippen LogP contribution in [0.3, 0.4) is 0 Å². The molecule has 0 aliphatic carbocycles. The summed E-state index contributed by atoms with van der Waals surface area (Å²) in [7, 11) is 2.09. The summed E-state index contributed by atoms with van der Waals surface area (Å²) >= 11 is 0. The number of rotatable bonds is 1. The molecule has 0 spiro atoms. The van der Waals surface area contributed by atoms with E-state index in [-0.39, 0.29) is 0 Å². The maximum absolute atomic E-state index is 10.8. The van der Waals surface area contributed by atoms with Gasteiger partial charge in [0.1, 0.15) is 5.82 Å². The molecule has 1 aliphatic heterocycles. The molecule has 0 bridgehead atoms. The van der Waals surface area contributed by atoms with Crippen molar-refractivity contribution in [3.63, 3.8) is 0 Å². The Labute approximate surface area is 102 Å². The minimum absolute atomic E-state index is 0.354. The Morgan fingerprint density at radius 3 is 2.88 bits per heavy atom. The van der Waals surface area contributed by atoms with E-state index in [9.17, 15) is 5.11 Å². The summed E-state index contributed by atoms with van der Waals surface area (Å²) in [6.45, 7) is 4.99. The standard InChI is InChI=1S/C13H21N3O/c1-9-4-6-15-12(14)11(9)13(17)5-7-16(3)10(2)8-13/h4,6,10,17H,5,7-8H2,1-3H3,(H2,14,15). The van der Waals surface area contributed by atoms with E-state index in [4.69, 9.17) is 5.73 Å². The number of aryl methyl sites for hydroxylation is 1. The molecule has 0 aromatic carbocycles. The van der Waals surface area contributed by atoms with Gasteiger partial charge in [0, 0.05) is 24.3 Å². The van der Waals surface area contributed by atoms with Crippen LogP contribution in [0.2, 0.25) is 0 Å².